The third-order valence-electron chi connectivity index (χ3n) is 5.16. The Morgan fingerprint density at radius 1 is 1.13 bits per heavy atom. The third-order valence-corrected chi connectivity index (χ3v) is 5.16. The second-order valence-electron chi connectivity index (χ2n) is 7.87. The van der Waals surface area contributed by atoms with Crippen LogP contribution in [0.25, 0.3) is 0 Å². The van der Waals surface area contributed by atoms with Crippen molar-refractivity contribution in [2.45, 2.75) is 63.7 Å². The van der Waals surface area contributed by atoms with Crippen molar-refractivity contribution in [2.24, 2.45) is 0 Å². The fraction of sp³-hybridized carbons (Fsp3) is 0.500. The zero-order valence-electron chi connectivity index (χ0n) is 17.5. The van der Waals surface area contributed by atoms with Gasteiger partial charge in [-0.15, -0.1) is 5.06 Å². The lowest BCUT2D eigenvalue weighted by Crippen LogP contribution is -2.43. The molecule has 0 saturated carbocycles. The van der Waals surface area contributed by atoms with Gasteiger partial charge in [0.2, 0.25) is 0 Å². The predicted octanol–water partition coefficient (Wildman–Crippen LogP) is 3.19. The number of benzene rings is 1. The molecule has 2 fully saturated rings. The summed E-state index contributed by atoms with van der Waals surface area (Å²) in [7, 11) is 1.56. The van der Waals surface area contributed by atoms with E-state index in [2.05, 4.69) is 0 Å². The van der Waals surface area contributed by atoms with Crippen LogP contribution in [0, 0.1) is 0 Å². The molecular weight excluding hydrogens is 390 g/mol. The molecular formula is C22H27NO7. The fourth-order valence-corrected chi connectivity index (χ4v) is 4.08. The van der Waals surface area contributed by atoms with Crippen LogP contribution in [-0.4, -0.2) is 48.5 Å². The van der Waals surface area contributed by atoms with Gasteiger partial charge in [0.05, 0.1) is 12.8 Å². The van der Waals surface area contributed by atoms with Gasteiger partial charge in [-0.25, -0.2) is 0 Å². The van der Waals surface area contributed by atoms with Gasteiger partial charge in [0.25, 0.3) is 0 Å². The van der Waals surface area contributed by atoms with Crippen molar-refractivity contribution < 1.29 is 33.0 Å². The zero-order chi connectivity index (χ0) is 21.3. The van der Waals surface area contributed by atoms with Crippen molar-refractivity contribution >= 4 is 5.97 Å². The summed E-state index contributed by atoms with van der Waals surface area (Å²) < 4.78 is 29.6. The average Bonchev–Trinajstić information content (AvgIpc) is 3.39. The van der Waals surface area contributed by atoms with Crippen LogP contribution >= 0.6 is 0 Å². The SMILES string of the molecule is CO[C@@H]1O[C@H]([C@H](c2ccco2)N(Cc2ccccc2)OC(C)=O)[C@H]2OC(C)(C)O[C@@H]12. The van der Waals surface area contributed by atoms with Gasteiger partial charge >= 0.3 is 5.97 Å². The summed E-state index contributed by atoms with van der Waals surface area (Å²) in [5, 5.41) is 1.57. The van der Waals surface area contributed by atoms with Gasteiger partial charge in [0.15, 0.2) is 12.1 Å². The number of ether oxygens (including phenoxy) is 4. The molecule has 4 rings (SSSR count). The van der Waals surface area contributed by atoms with Crippen LogP contribution in [0.15, 0.2) is 53.1 Å². The van der Waals surface area contributed by atoms with E-state index < -0.39 is 42.4 Å². The number of fused-ring (bicyclic) bond motifs is 1. The first-order valence-corrected chi connectivity index (χ1v) is 9.94. The van der Waals surface area contributed by atoms with E-state index in [-0.39, 0.29) is 0 Å². The number of hydroxylamine groups is 2. The van der Waals surface area contributed by atoms with E-state index in [0.717, 1.165) is 5.56 Å². The molecule has 8 nitrogen and oxygen atoms in total. The van der Waals surface area contributed by atoms with E-state index >= 15 is 0 Å². The first-order valence-electron chi connectivity index (χ1n) is 9.94. The van der Waals surface area contributed by atoms with E-state index in [0.29, 0.717) is 12.3 Å². The minimum Gasteiger partial charge on any atom is -0.467 e. The summed E-state index contributed by atoms with van der Waals surface area (Å²) in [6, 6.07) is 12.8. The molecule has 0 N–H and O–H groups in total. The molecule has 0 spiro atoms. The summed E-state index contributed by atoms with van der Waals surface area (Å²) in [5.74, 6) is -0.640. The van der Waals surface area contributed by atoms with E-state index in [9.17, 15) is 4.79 Å². The Balaban J connectivity index is 1.70. The number of nitrogens with zero attached hydrogens (tertiary/aromatic N) is 1. The first kappa shape index (κ1) is 21.0. The maximum absolute atomic E-state index is 12.0. The van der Waals surface area contributed by atoms with E-state index in [1.54, 1.807) is 24.5 Å². The number of hydrogen-bond donors (Lipinski definition) is 0. The Morgan fingerprint density at radius 3 is 2.50 bits per heavy atom. The summed E-state index contributed by atoms with van der Waals surface area (Å²) in [4.78, 5) is 17.6. The highest BCUT2D eigenvalue weighted by Crippen LogP contribution is 2.45. The van der Waals surface area contributed by atoms with Gasteiger partial charge in [-0.3, -0.25) is 4.79 Å². The summed E-state index contributed by atoms with van der Waals surface area (Å²) in [6.45, 7) is 5.41. The van der Waals surface area contributed by atoms with Gasteiger partial charge in [-0.2, -0.15) is 0 Å². The number of rotatable bonds is 7. The highest BCUT2D eigenvalue weighted by atomic mass is 16.8. The molecule has 0 unspecified atom stereocenters. The van der Waals surface area contributed by atoms with E-state index in [1.807, 2.05) is 50.2 Å². The topological polar surface area (TPSA) is 79.6 Å². The number of hydrogen-bond acceptors (Lipinski definition) is 8. The van der Waals surface area contributed by atoms with Crippen molar-refractivity contribution in [1.29, 1.82) is 0 Å². The highest BCUT2D eigenvalue weighted by Gasteiger charge is 2.59. The Kier molecular flexibility index (Phi) is 5.95. The van der Waals surface area contributed by atoms with Crippen molar-refractivity contribution in [3.8, 4) is 0 Å². The molecule has 2 aliphatic heterocycles. The van der Waals surface area contributed by atoms with Crippen molar-refractivity contribution in [3.05, 3.63) is 60.1 Å². The molecule has 3 heterocycles. The average molecular weight is 417 g/mol. The van der Waals surface area contributed by atoms with Gasteiger partial charge in [-0.1, -0.05) is 30.3 Å². The number of carbonyl (C=O) groups is 1. The van der Waals surface area contributed by atoms with Crippen LogP contribution < -0.4 is 0 Å². The van der Waals surface area contributed by atoms with Crippen LogP contribution in [0.1, 0.15) is 38.1 Å². The van der Waals surface area contributed by atoms with Gasteiger partial charge in [0, 0.05) is 14.0 Å². The standard InChI is InChI=1S/C22H27NO7/c1-14(24)30-23(13-15-9-6-5-7-10-15)17(16-11-8-12-26-16)18-19-20(21(25-4)27-18)29-22(2,3)28-19/h5-12,17-21H,13H2,1-4H3/t17-,18+,19+,20+,21+/m0/s1. The molecule has 5 atom stereocenters. The molecule has 0 amide bonds. The molecule has 0 radical (unpaired) electrons. The monoisotopic (exact) mass is 417 g/mol. The summed E-state index contributed by atoms with van der Waals surface area (Å²) in [5.41, 5.74) is 0.970. The lowest BCUT2D eigenvalue weighted by Gasteiger charge is -2.34. The Labute approximate surface area is 175 Å². The normalized spacial score (nSPS) is 28.4. The van der Waals surface area contributed by atoms with Crippen molar-refractivity contribution in [1.82, 2.24) is 5.06 Å². The van der Waals surface area contributed by atoms with Crippen molar-refractivity contribution in [3.63, 3.8) is 0 Å². The van der Waals surface area contributed by atoms with Crippen LogP contribution in [0.2, 0.25) is 0 Å². The van der Waals surface area contributed by atoms with Gasteiger partial charge in [0.1, 0.15) is 30.1 Å². The Morgan fingerprint density at radius 2 is 1.87 bits per heavy atom. The number of furan rings is 1. The number of methoxy groups -OCH3 is 1. The molecule has 0 aliphatic carbocycles. The van der Waals surface area contributed by atoms with Crippen LogP contribution in [0.5, 0.6) is 0 Å². The second-order valence-corrected chi connectivity index (χ2v) is 7.87. The minimum atomic E-state index is -0.784. The fourth-order valence-electron chi connectivity index (χ4n) is 4.08. The van der Waals surface area contributed by atoms with Crippen LogP contribution in [0.3, 0.4) is 0 Å². The molecule has 2 aromatic rings. The maximum Gasteiger partial charge on any atom is 0.322 e. The van der Waals surface area contributed by atoms with Crippen LogP contribution in [-0.2, 0) is 35.1 Å². The predicted molar refractivity (Wildman–Crippen MR) is 105 cm³/mol. The maximum atomic E-state index is 12.0. The Bertz CT molecular complexity index is 838. The smallest absolute Gasteiger partial charge is 0.322 e. The first-order chi connectivity index (χ1) is 14.4. The van der Waals surface area contributed by atoms with E-state index in [4.69, 9.17) is 28.2 Å². The molecule has 30 heavy (non-hydrogen) atoms. The highest BCUT2D eigenvalue weighted by molar-refractivity contribution is 5.65. The summed E-state index contributed by atoms with van der Waals surface area (Å²) in [6.07, 6.45) is -0.448. The quantitative estimate of drug-likeness (QED) is 0.636. The van der Waals surface area contributed by atoms with Gasteiger partial charge < -0.3 is 28.2 Å². The number of carbonyl (C=O) groups excluding carboxylic acids is 1. The summed E-state index contributed by atoms with van der Waals surface area (Å²) >= 11 is 0. The third kappa shape index (κ3) is 4.28. The molecule has 8 heteroatoms. The lowest BCUT2D eigenvalue weighted by molar-refractivity contribution is -0.259. The molecule has 2 saturated heterocycles. The molecule has 162 valence electrons. The lowest BCUT2D eigenvalue weighted by atomic mass is 10.0. The molecule has 1 aromatic heterocycles. The largest absolute Gasteiger partial charge is 0.467 e. The molecule has 2 aliphatic rings. The van der Waals surface area contributed by atoms with Crippen LogP contribution in [0.4, 0.5) is 0 Å². The molecule has 1 aromatic carbocycles. The molecule has 0 bridgehead atoms. The van der Waals surface area contributed by atoms with Gasteiger partial charge in [-0.05, 0) is 31.5 Å². The zero-order valence-corrected chi connectivity index (χ0v) is 17.5. The van der Waals surface area contributed by atoms with E-state index in [1.165, 1.54) is 6.92 Å². The Hall–Kier alpha value is -2.23. The minimum absolute atomic E-state index is 0.338. The second kappa shape index (κ2) is 8.49. The van der Waals surface area contributed by atoms with Crippen molar-refractivity contribution in [2.75, 3.05) is 7.11 Å².